The summed E-state index contributed by atoms with van der Waals surface area (Å²) >= 11 is 0. The molecule has 0 bridgehead atoms. The van der Waals surface area contributed by atoms with Gasteiger partial charge in [-0.2, -0.15) is 0 Å². The van der Waals surface area contributed by atoms with Gasteiger partial charge in [-0.15, -0.1) is 0 Å². The number of hydrogen-bond acceptors (Lipinski definition) is 2. The fourth-order valence-corrected chi connectivity index (χ4v) is 2.42. The monoisotopic (exact) mass is 250 g/mol. The quantitative estimate of drug-likeness (QED) is 0.765. The topological polar surface area (TPSA) is 32.7 Å². The van der Waals surface area contributed by atoms with Crippen LogP contribution in [0.15, 0.2) is 59.6 Å². The standard InChI is InChI=1S/C16H14N2O/c1-17-14-11-16(19)18(12-7-3-2-4-8-12)15-10-6-5-9-13(14)15/h2-10H,11H2,1H3. The summed E-state index contributed by atoms with van der Waals surface area (Å²) in [6, 6.07) is 17.6. The second-order valence-corrected chi connectivity index (χ2v) is 4.43. The molecule has 2 aromatic carbocycles. The molecule has 0 aliphatic carbocycles. The van der Waals surface area contributed by atoms with Crippen LogP contribution in [0.2, 0.25) is 0 Å². The Morgan fingerprint density at radius 3 is 2.42 bits per heavy atom. The number of aliphatic imine (C=N–C) groups is 1. The Labute approximate surface area is 112 Å². The highest BCUT2D eigenvalue weighted by Crippen LogP contribution is 2.33. The first kappa shape index (κ1) is 11.7. The number of anilines is 2. The number of hydrogen-bond donors (Lipinski definition) is 0. The van der Waals surface area contributed by atoms with Crippen molar-refractivity contribution in [1.82, 2.24) is 0 Å². The molecule has 3 nitrogen and oxygen atoms in total. The molecule has 0 atom stereocenters. The van der Waals surface area contributed by atoms with E-state index >= 15 is 0 Å². The van der Waals surface area contributed by atoms with Crippen LogP contribution in [0.5, 0.6) is 0 Å². The van der Waals surface area contributed by atoms with Crippen molar-refractivity contribution in [3.63, 3.8) is 0 Å². The first-order valence-electron chi connectivity index (χ1n) is 6.24. The fraction of sp³-hybridized carbons (Fsp3) is 0.125. The number of amides is 1. The average Bonchev–Trinajstić information content (AvgIpc) is 2.47. The number of fused-ring (bicyclic) bond motifs is 1. The Morgan fingerprint density at radius 1 is 1.00 bits per heavy atom. The Morgan fingerprint density at radius 2 is 1.68 bits per heavy atom. The summed E-state index contributed by atoms with van der Waals surface area (Å²) < 4.78 is 0. The third-order valence-electron chi connectivity index (χ3n) is 3.31. The molecule has 0 aromatic heterocycles. The minimum absolute atomic E-state index is 0.0606. The van der Waals surface area contributed by atoms with Gasteiger partial charge in [0.15, 0.2) is 0 Å². The first-order valence-corrected chi connectivity index (χ1v) is 6.24. The summed E-state index contributed by atoms with van der Waals surface area (Å²) in [4.78, 5) is 18.4. The van der Waals surface area contributed by atoms with Gasteiger partial charge in [0.2, 0.25) is 5.91 Å². The molecule has 2 aromatic rings. The van der Waals surface area contributed by atoms with Crippen molar-refractivity contribution < 1.29 is 4.79 Å². The van der Waals surface area contributed by atoms with Crippen LogP contribution in [0.25, 0.3) is 0 Å². The zero-order valence-corrected chi connectivity index (χ0v) is 10.7. The van der Waals surface area contributed by atoms with Crippen molar-refractivity contribution >= 4 is 23.0 Å². The third kappa shape index (κ3) is 1.93. The van der Waals surface area contributed by atoms with Crippen molar-refractivity contribution in [2.75, 3.05) is 11.9 Å². The Hall–Kier alpha value is -2.42. The van der Waals surface area contributed by atoms with E-state index < -0.39 is 0 Å². The third-order valence-corrected chi connectivity index (χ3v) is 3.31. The normalized spacial score (nSPS) is 16.6. The zero-order chi connectivity index (χ0) is 13.2. The second kappa shape index (κ2) is 4.69. The lowest BCUT2D eigenvalue weighted by molar-refractivity contribution is -0.116. The number of carbonyl (C=O) groups excluding carboxylic acids is 1. The number of para-hydroxylation sites is 2. The maximum absolute atomic E-state index is 12.4. The molecular weight excluding hydrogens is 236 g/mol. The number of rotatable bonds is 1. The number of benzene rings is 2. The van der Waals surface area contributed by atoms with E-state index in [0.29, 0.717) is 6.42 Å². The summed E-state index contributed by atoms with van der Waals surface area (Å²) in [5.74, 6) is 0.0606. The summed E-state index contributed by atoms with van der Waals surface area (Å²) in [6.45, 7) is 0. The largest absolute Gasteiger partial charge is 0.292 e. The lowest BCUT2D eigenvalue weighted by Crippen LogP contribution is -2.34. The molecule has 3 heteroatoms. The maximum atomic E-state index is 12.4. The van der Waals surface area contributed by atoms with Gasteiger partial charge < -0.3 is 0 Å². The van der Waals surface area contributed by atoms with Gasteiger partial charge in [-0.1, -0.05) is 36.4 Å². The van der Waals surface area contributed by atoms with Gasteiger partial charge in [-0.05, 0) is 18.2 Å². The minimum Gasteiger partial charge on any atom is -0.292 e. The van der Waals surface area contributed by atoms with Crippen molar-refractivity contribution in [2.24, 2.45) is 4.99 Å². The highest BCUT2D eigenvalue weighted by atomic mass is 16.2. The predicted molar refractivity (Wildman–Crippen MR) is 77.1 cm³/mol. The van der Waals surface area contributed by atoms with Gasteiger partial charge in [0, 0.05) is 18.3 Å². The van der Waals surface area contributed by atoms with Gasteiger partial charge in [0.25, 0.3) is 0 Å². The molecule has 0 spiro atoms. The van der Waals surface area contributed by atoms with Crippen molar-refractivity contribution in [3.8, 4) is 0 Å². The first-order chi connectivity index (χ1) is 9.31. The molecule has 1 aliphatic heterocycles. The van der Waals surface area contributed by atoms with E-state index in [4.69, 9.17) is 0 Å². The smallest absolute Gasteiger partial charge is 0.237 e. The molecule has 1 heterocycles. The Bertz CT molecular complexity index is 647. The van der Waals surface area contributed by atoms with Gasteiger partial charge >= 0.3 is 0 Å². The summed E-state index contributed by atoms with van der Waals surface area (Å²) in [5.41, 5.74) is 3.70. The maximum Gasteiger partial charge on any atom is 0.237 e. The van der Waals surface area contributed by atoms with Crippen LogP contribution in [0.4, 0.5) is 11.4 Å². The predicted octanol–water partition coefficient (Wildman–Crippen LogP) is 3.17. The molecule has 94 valence electrons. The van der Waals surface area contributed by atoms with Crippen molar-refractivity contribution in [3.05, 3.63) is 60.2 Å². The lowest BCUT2D eigenvalue weighted by atomic mass is 9.98. The van der Waals surface area contributed by atoms with Crippen LogP contribution in [0, 0.1) is 0 Å². The molecular formula is C16H14N2O. The molecule has 0 N–H and O–H groups in total. The molecule has 3 rings (SSSR count). The van der Waals surface area contributed by atoms with E-state index in [2.05, 4.69) is 4.99 Å². The molecule has 0 saturated heterocycles. The van der Waals surface area contributed by atoms with Crippen LogP contribution in [-0.2, 0) is 4.79 Å². The van der Waals surface area contributed by atoms with E-state index in [1.165, 1.54) is 0 Å². The SMILES string of the molecule is CN=C1CC(=O)N(c2ccccc2)c2ccccc21. The van der Waals surface area contributed by atoms with E-state index in [0.717, 1.165) is 22.6 Å². The van der Waals surface area contributed by atoms with Gasteiger partial charge in [-0.25, -0.2) is 0 Å². The molecule has 1 aliphatic rings. The molecule has 0 unspecified atom stereocenters. The van der Waals surface area contributed by atoms with Crippen molar-refractivity contribution in [2.45, 2.75) is 6.42 Å². The van der Waals surface area contributed by atoms with E-state index in [1.54, 1.807) is 11.9 Å². The highest BCUT2D eigenvalue weighted by molar-refractivity contribution is 6.23. The van der Waals surface area contributed by atoms with E-state index in [1.807, 2.05) is 54.6 Å². The number of nitrogens with zero attached hydrogens (tertiary/aromatic N) is 2. The van der Waals surface area contributed by atoms with Crippen LogP contribution in [0.1, 0.15) is 12.0 Å². The second-order valence-electron chi connectivity index (χ2n) is 4.43. The van der Waals surface area contributed by atoms with Crippen LogP contribution < -0.4 is 4.90 Å². The molecule has 0 saturated carbocycles. The highest BCUT2D eigenvalue weighted by Gasteiger charge is 2.28. The summed E-state index contributed by atoms with van der Waals surface area (Å²) in [7, 11) is 1.73. The van der Waals surface area contributed by atoms with Gasteiger partial charge in [0.1, 0.15) is 0 Å². The van der Waals surface area contributed by atoms with Gasteiger partial charge in [-0.3, -0.25) is 14.7 Å². The molecule has 19 heavy (non-hydrogen) atoms. The van der Waals surface area contributed by atoms with Crippen molar-refractivity contribution in [1.29, 1.82) is 0 Å². The zero-order valence-electron chi connectivity index (χ0n) is 10.7. The average molecular weight is 250 g/mol. The van der Waals surface area contributed by atoms with Crippen LogP contribution >= 0.6 is 0 Å². The fourth-order valence-electron chi connectivity index (χ4n) is 2.42. The molecule has 0 fully saturated rings. The van der Waals surface area contributed by atoms with E-state index in [-0.39, 0.29) is 5.91 Å². The molecule has 0 radical (unpaired) electrons. The Balaban J connectivity index is 2.19. The minimum atomic E-state index is 0.0606. The van der Waals surface area contributed by atoms with Crippen LogP contribution in [0.3, 0.4) is 0 Å². The summed E-state index contributed by atoms with van der Waals surface area (Å²) in [5, 5.41) is 0. The number of carbonyl (C=O) groups is 1. The van der Waals surface area contributed by atoms with E-state index in [9.17, 15) is 4.79 Å². The Kier molecular flexibility index (Phi) is 2.88. The summed E-state index contributed by atoms with van der Waals surface area (Å²) in [6.07, 6.45) is 0.350. The lowest BCUT2D eigenvalue weighted by Gasteiger charge is -2.30. The van der Waals surface area contributed by atoms with Crippen LogP contribution in [-0.4, -0.2) is 18.7 Å². The molecule has 1 amide bonds. The van der Waals surface area contributed by atoms with Gasteiger partial charge in [0.05, 0.1) is 17.8 Å².